The molecule has 5 heteroatoms. The van der Waals surface area contributed by atoms with Gasteiger partial charge in [-0.3, -0.25) is 9.59 Å². The molecule has 1 unspecified atom stereocenters. The molecular weight excluding hydrogens is 248 g/mol. The van der Waals surface area contributed by atoms with Gasteiger partial charge >= 0.3 is 0 Å². The van der Waals surface area contributed by atoms with E-state index in [0.29, 0.717) is 30.9 Å². The summed E-state index contributed by atoms with van der Waals surface area (Å²) in [6.07, 6.45) is 1.70. The minimum Gasteiger partial charge on any atom is -0.493 e. The standard InChI is InChI=1S/C13H14O5.CH4/c1-3-4-11(17-8-14)10-5-6-12(18-9-15)13(7-10)16-2;/h3,5-9,11H,1,4H2,2H3;1H4. The van der Waals surface area contributed by atoms with Crippen molar-refractivity contribution in [2.45, 2.75) is 20.0 Å². The fourth-order valence-electron chi connectivity index (χ4n) is 1.52. The molecule has 0 saturated carbocycles. The van der Waals surface area contributed by atoms with E-state index in [1.54, 1.807) is 24.3 Å². The van der Waals surface area contributed by atoms with E-state index in [0.717, 1.165) is 5.56 Å². The molecule has 0 saturated heterocycles. The zero-order chi connectivity index (χ0) is 13.4. The smallest absolute Gasteiger partial charge is 0.298 e. The molecule has 0 aliphatic heterocycles. The highest BCUT2D eigenvalue weighted by Gasteiger charge is 2.14. The first-order valence-electron chi connectivity index (χ1n) is 5.25. The van der Waals surface area contributed by atoms with E-state index in [1.165, 1.54) is 7.11 Å². The topological polar surface area (TPSA) is 61.8 Å². The van der Waals surface area contributed by atoms with E-state index in [9.17, 15) is 9.59 Å². The van der Waals surface area contributed by atoms with Crippen molar-refractivity contribution in [2.24, 2.45) is 0 Å². The van der Waals surface area contributed by atoms with Gasteiger partial charge in [0.25, 0.3) is 12.9 Å². The molecule has 1 atom stereocenters. The highest BCUT2D eigenvalue weighted by Crippen LogP contribution is 2.32. The fourth-order valence-corrected chi connectivity index (χ4v) is 1.52. The lowest BCUT2D eigenvalue weighted by Crippen LogP contribution is -2.03. The second kappa shape index (κ2) is 8.74. The van der Waals surface area contributed by atoms with Crippen molar-refractivity contribution < 1.29 is 23.8 Å². The maximum Gasteiger partial charge on any atom is 0.298 e. The molecule has 19 heavy (non-hydrogen) atoms. The summed E-state index contributed by atoms with van der Waals surface area (Å²) in [6, 6.07) is 4.92. The van der Waals surface area contributed by atoms with Crippen LogP contribution in [0.2, 0.25) is 0 Å². The van der Waals surface area contributed by atoms with Crippen LogP contribution in [0.1, 0.15) is 25.5 Å². The fraction of sp³-hybridized carbons (Fsp3) is 0.286. The van der Waals surface area contributed by atoms with Gasteiger partial charge in [-0.15, -0.1) is 6.58 Å². The third-order valence-corrected chi connectivity index (χ3v) is 2.34. The third-order valence-electron chi connectivity index (χ3n) is 2.34. The predicted octanol–water partition coefficient (Wildman–Crippen LogP) is 2.66. The zero-order valence-electron chi connectivity index (χ0n) is 10.00. The van der Waals surface area contributed by atoms with Crippen molar-refractivity contribution in [2.75, 3.05) is 7.11 Å². The van der Waals surface area contributed by atoms with Crippen LogP contribution >= 0.6 is 0 Å². The first-order valence-corrected chi connectivity index (χ1v) is 5.25. The average Bonchev–Trinajstić information content (AvgIpc) is 2.39. The SMILES string of the molecule is C.C=CCC(OC=O)c1ccc(OC=O)c(OC)c1. The molecule has 1 rings (SSSR count). The second-order valence-electron chi connectivity index (χ2n) is 3.37. The lowest BCUT2D eigenvalue weighted by molar-refractivity contribution is -0.133. The molecule has 5 nitrogen and oxygen atoms in total. The van der Waals surface area contributed by atoms with E-state index < -0.39 is 6.10 Å². The molecule has 1 aromatic carbocycles. The van der Waals surface area contributed by atoms with E-state index in [-0.39, 0.29) is 7.43 Å². The van der Waals surface area contributed by atoms with Gasteiger partial charge in [0.1, 0.15) is 6.10 Å². The molecule has 0 radical (unpaired) electrons. The Balaban J connectivity index is 0.00000324. The minimum atomic E-state index is -0.431. The number of rotatable bonds is 8. The van der Waals surface area contributed by atoms with Gasteiger partial charge < -0.3 is 14.2 Å². The number of carbonyl (C=O) groups is 2. The van der Waals surface area contributed by atoms with Crippen LogP contribution in [-0.2, 0) is 14.3 Å². The molecule has 0 heterocycles. The molecule has 0 aromatic heterocycles. The summed E-state index contributed by atoms with van der Waals surface area (Å²) < 4.78 is 14.8. The summed E-state index contributed by atoms with van der Waals surface area (Å²) in [5, 5.41) is 0. The summed E-state index contributed by atoms with van der Waals surface area (Å²) in [6.45, 7) is 4.31. The van der Waals surface area contributed by atoms with Crippen LogP contribution in [0.3, 0.4) is 0 Å². The quantitative estimate of drug-likeness (QED) is 0.534. The molecule has 0 aliphatic carbocycles. The van der Waals surface area contributed by atoms with Crippen molar-refractivity contribution in [1.82, 2.24) is 0 Å². The molecule has 1 aromatic rings. The highest BCUT2D eigenvalue weighted by atomic mass is 16.5. The van der Waals surface area contributed by atoms with Crippen LogP contribution in [0.5, 0.6) is 11.5 Å². The summed E-state index contributed by atoms with van der Waals surface area (Å²) in [4.78, 5) is 20.7. The number of hydrogen-bond donors (Lipinski definition) is 0. The lowest BCUT2D eigenvalue weighted by Gasteiger charge is -2.15. The summed E-state index contributed by atoms with van der Waals surface area (Å²) in [5.74, 6) is 0.697. The van der Waals surface area contributed by atoms with Gasteiger partial charge in [0, 0.05) is 6.42 Å². The van der Waals surface area contributed by atoms with Gasteiger partial charge in [-0.1, -0.05) is 19.6 Å². The Hall–Kier alpha value is -2.30. The van der Waals surface area contributed by atoms with Gasteiger partial charge in [0.2, 0.25) is 0 Å². The van der Waals surface area contributed by atoms with E-state index in [2.05, 4.69) is 6.58 Å². The summed E-state index contributed by atoms with van der Waals surface area (Å²) in [7, 11) is 1.46. The Morgan fingerprint density at radius 3 is 2.53 bits per heavy atom. The van der Waals surface area contributed by atoms with Crippen molar-refractivity contribution in [1.29, 1.82) is 0 Å². The Morgan fingerprint density at radius 1 is 1.26 bits per heavy atom. The van der Waals surface area contributed by atoms with Gasteiger partial charge in [-0.05, 0) is 17.7 Å². The first kappa shape index (κ1) is 16.7. The number of ether oxygens (including phenoxy) is 3. The minimum absolute atomic E-state index is 0. The van der Waals surface area contributed by atoms with E-state index in [4.69, 9.17) is 14.2 Å². The largest absolute Gasteiger partial charge is 0.493 e. The Bertz CT molecular complexity index is 418. The van der Waals surface area contributed by atoms with Crippen LogP contribution < -0.4 is 9.47 Å². The van der Waals surface area contributed by atoms with Crippen LogP contribution in [0.15, 0.2) is 30.9 Å². The molecule has 0 fully saturated rings. The summed E-state index contributed by atoms with van der Waals surface area (Å²) in [5.41, 5.74) is 0.733. The van der Waals surface area contributed by atoms with Crippen molar-refractivity contribution in [3.8, 4) is 11.5 Å². The molecule has 0 N–H and O–H groups in total. The zero-order valence-corrected chi connectivity index (χ0v) is 10.00. The first-order chi connectivity index (χ1) is 8.76. The highest BCUT2D eigenvalue weighted by molar-refractivity contribution is 5.52. The molecule has 0 spiro atoms. The molecule has 0 bridgehead atoms. The molecule has 104 valence electrons. The molecular formula is C14H18O5. The van der Waals surface area contributed by atoms with Crippen molar-refractivity contribution in [3.05, 3.63) is 36.4 Å². The van der Waals surface area contributed by atoms with Gasteiger partial charge in [-0.2, -0.15) is 0 Å². The number of carbonyl (C=O) groups excluding carboxylic acids is 2. The second-order valence-corrected chi connectivity index (χ2v) is 3.37. The van der Waals surface area contributed by atoms with Gasteiger partial charge in [0.05, 0.1) is 7.11 Å². The summed E-state index contributed by atoms with van der Waals surface area (Å²) >= 11 is 0. The van der Waals surface area contributed by atoms with Crippen molar-refractivity contribution in [3.63, 3.8) is 0 Å². The third kappa shape index (κ3) is 4.46. The van der Waals surface area contributed by atoms with E-state index in [1.807, 2.05) is 0 Å². The lowest BCUT2D eigenvalue weighted by atomic mass is 10.1. The van der Waals surface area contributed by atoms with Crippen LogP contribution in [0.4, 0.5) is 0 Å². The van der Waals surface area contributed by atoms with Gasteiger partial charge in [-0.25, -0.2) is 0 Å². The number of methoxy groups -OCH3 is 1. The molecule has 0 aliphatic rings. The van der Waals surface area contributed by atoms with Crippen LogP contribution in [0.25, 0.3) is 0 Å². The monoisotopic (exact) mass is 266 g/mol. The average molecular weight is 266 g/mol. The van der Waals surface area contributed by atoms with Crippen molar-refractivity contribution >= 4 is 12.9 Å². The number of benzene rings is 1. The molecule has 0 amide bonds. The Kier molecular flexibility index (Phi) is 7.68. The predicted molar refractivity (Wildman–Crippen MR) is 71.1 cm³/mol. The van der Waals surface area contributed by atoms with Crippen LogP contribution in [-0.4, -0.2) is 20.1 Å². The normalized spacial score (nSPS) is 10.6. The maximum absolute atomic E-state index is 10.4. The van der Waals surface area contributed by atoms with Gasteiger partial charge in [0.15, 0.2) is 11.5 Å². The van der Waals surface area contributed by atoms with Crippen LogP contribution in [0, 0.1) is 0 Å². The Labute approximate surface area is 112 Å². The maximum atomic E-state index is 10.4. The number of hydrogen-bond acceptors (Lipinski definition) is 5. The van der Waals surface area contributed by atoms with E-state index >= 15 is 0 Å². The Morgan fingerprint density at radius 2 is 2.00 bits per heavy atom.